The zero-order valence-electron chi connectivity index (χ0n) is 46.5. The minimum Gasteiger partial charge on any atom is -0.394 e. The number of carbonyl (C=O) groups is 2. The van der Waals surface area contributed by atoms with Crippen LogP contribution in [0.3, 0.4) is 0 Å². The van der Waals surface area contributed by atoms with E-state index in [-0.39, 0.29) is 0 Å². The van der Waals surface area contributed by atoms with Crippen LogP contribution in [0.2, 0.25) is 0 Å². The summed E-state index contributed by atoms with van der Waals surface area (Å²) in [5.74, 6) is -1.34. The van der Waals surface area contributed by atoms with Gasteiger partial charge in [-0.3, -0.25) is 9.59 Å². The Morgan fingerprint density at radius 2 is 0.854 bits per heavy atom. The first-order valence-electron chi connectivity index (χ1n) is 28.4. The second-order valence-corrected chi connectivity index (χ2v) is 21.5. The fraction of sp³-hybridized carbons (Fsp3) is 0.923. The van der Waals surface area contributed by atoms with Crippen molar-refractivity contribution in [2.45, 2.75) is 263 Å². The number of aliphatic hydroxyl groups is 16. The fourth-order valence-electron chi connectivity index (χ4n) is 10.5. The zero-order valence-corrected chi connectivity index (χ0v) is 46.5. The Balaban J connectivity index is 1.22. The number of aliphatic hydroxyl groups excluding tert-OH is 16. The van der Waals surface area contributed by atoms with Crippen molar-refractivity contribution in [1.82, 2.24) is 10.6 Å². The van der Waals surface area contributed by atoms with Crippen LogP contribution in [0.15, 0.2) is 12.2 Å². The predicted molar refractivity (Wildman–Crippen MR) is 276 cm³/mol. The maximum Gasteiger partial charge on any atom is 0.217 e. The Labute approximate surface area is 475 Å². The number of unbranched alkanes of at least 4 members (excludes halogenated alkanes) is 11. The molecule has 30 heteroatoms. The highest BCUT2D eigenvalue weighted by Crippen LogP contribution is 2.36. The molecule has 0 aromatic heterocycles. The standard InChI is InChI=1S/C52H92N2O28/c1-4-5-6-7-8-9-10-11-12-13-14-15-16-17-27(62)26(53-24(2)60)23-73-49-41(70)39(68)45(32(22-59)78-49)80-52-42(71)46(35(64)29(19-56)76-52)81-48-33(54-25(3)61)37(66)44(31(21-58)77-48)79-51-43(72)47(36(65)30(20-57)75-51)82-50-40(69)38(67)34(63)28(18-55)74-50/h16-17,26-52,55-59,62-72H,4-15,18-23H2,1-3H3,(H,53,60)(H,54,61)/b17-16+/t26-,27+,28+,29+,30+,31+,32+,33+,34-,35-,36-,37+,38-,39+,40+,41+,42+,43+,44+,45+,46-,47-,48-,49?,50+,51-,52-/m0/s1. The Morgan fingerprint density at radius 1 is 0.451 bits per heavy atom. The van der Waals surface area contributed by atoms with E-state index in [4.69, 9.17) is 47.4 Å². The second kappa shape index (κ2) is 34.8. The average molecular weight is 1190 g/mol. The summed E-state index contributed by atoms with van der Waals surface area (Å²) in [4.78, 5) is 24.8. The summed E-state index contributed by atoms with van der Waals surface area (Å²) in [6.45, 7) is -0.717. The maximum atomic E-state index is 12.6. The predicted octanol–water partition coefficient (Wildman–Crippen LogP) is -6.63. The summed E-state index contributed by atoms with van der Waals surface area (Å²) in [5, 5.41) is 178. The van der Waals surface area contributed by atoms with E-state index in [2.05, 4.69) is 17.6 Å². The summed E-state index contributed by atoms with van der Waals surface area (Å²) < 4.78 is 57.4. The van der Waals surface area contributed by atoms with Gasteiger partial charge in [-0.1, -0.05) is 83.3 Å². The molecule has 0 saturated carbocycles. The number of nitrogens with one attached hydrogen (secondary N) is 2. The Bertz CT molecular complexity index is 1860. The molecule has 30 nitrogen and oxygen atoms in total. The number of allylic oxidation sites excluding steroid dienone is 1. The summed E-state index contributed by atoms with van der Waals surface area (Å²) in [7, 11) is 0. The minimum atomic E-state index is -2.15. The van der Waals surface area contributed by atoms with Crippen molar-refractivity contribution in [2.75, 3.05) is 39.6 Å². The van der Waals surface area contributed by atoms with Gasteiger partial charge in [-0.2, -0.15) is 0 Å². The van der Waals surface area contributed by atoms with Crippen molar-refractivity contribution in [3.8, 4) is 0 Å². The molecule has 0 aliphatic carbocycles. The van der Waals surface area contributed by atoms with Crippen molar-refractivity contribution in [3.05, 3.63) is 12.2 Å². The first kappa shape index (κ1) is 70.4. The highest BCUT2D eigenvalue weighted by molar-refractivity contribution is 5.73. The van der Waals surface area contributed by atoms with E-state index in [1.807, 2.05) is 0 Å². The summed E-state index contributed by atoms with van der Waals surface area (Å²) >= 11 is 0. The monoisotopic (exact) mass is 1190 g/mol. The van der Waals surface area contributed by atoms with Gasteiger partial charge in [0.05, 0.1) is 51.8 Å². The third kappa shape index (κ3) is 18.8. The molecule has 0 radical (unpaired) electrons. The molecule has 2 amide bonds. The van der Waals surface area contributed by atoms with Crippen LogP contribution in [0.5, 0.6) is 0 Å². The smallest absolute Gasteiger partial charge is 0.217 e. The number of rotatable bonds is 32. The van der Waals surface area contributed by atoms with Gasteiger partial charge < -0.3 is 140 Å². The highest BCUT2D eigenvalue weighted by atomic mass is 16.8. The van der Waals surface area contributed by atoms with Crippen molar-refractivity contribution < 1.29 is 139 Å². The van der Waals surface area contributed by atoms with E-state index >= 15 is 0 Å². The molecule has 5 rings (SSSR count). The van der Waals surface area contributed by atoms with Gasteiger partial charge in [0.25, 0.3) is 0 Å². The van der Waals surface area contributed by atoms with Gasteiger partial charge in [-0.25, -0.2) is 0 Å². The first-order valence-corrected chi connectivity index (χ1v) is 28.4. The molecule has 5 fully saturated rings. The molecule has 5 aliphatic rings. The van der Waals surface area contributed by atoms with Crippen molar-refractivity contribution in [3.63, 3.8) is 0 Å². The molecule has 5 heterocycles. The highest BCUT2D eigenvalue weighted by Gasteiger charge is 2.57. The molecular formula is C52H92N2O28. The molecule has 478 valence electrons. The number of hydrogen-bond acceptors (Lipinski definition) is 28. The van der Waals surface area contributed by atoms with Crippen LogP contribution in [0.1, 0.15) is 97.8 Å². The van der Waals surface area contributed by atoms with E-state index in [0.29, 0.717) is 6.42 Å². The molecule has 5 aliphatic heterocycles. The number of ether oxygens (including phenoxy) is 10. The summed E-state index contributed by atoms with van der Waals surface area (Å²) in [6, 6.07) is -2.81. The van der Waals surface area contributed by atoms with Crippen LogP contribution < -0.4 is 10.6 Å². The molecule has 0 bridgehead atoms. The first-order chi connectivity index (χ1) is 39.2. The number of hydrogen-bond donors (Lipinski definition) is 18. The SMILES string of the molecule is CCCCCCCCCCCCC/C=C/[C@@H](O)[C@H](COC1O[C@H](CO)[C@@H](O[C@@H]2O[C@H](CO)[C@H](O)[C@H](O[C@@H]3O[C@H](CO)[C@@H](O[C@@H]4O[C@H](CO)[C@H](O)[C@H](O[C@H]5O[C@H](CO)[C@H](O)[C@H](O)[C@H]5O)[C@H]4O)[C@H](O)[C@H]3NC(C)=O)[C@H]2O)[C@H](O)[C@H]1O)NC(C)=O. The molecule has 5 saturated heterocycles. The summed E-state index contributed by atoms with van der Waals surface area (Å²) in [5.41, 5.74) is 0. The van der Waals surface area contributed by atoms with Gasteiger partial charge >= 0.3 is 0 Å². The molecule has 0 aromatic carbocycles. The number of carbonyl (C=O) groups excluding carboxylic acids is 2. The Kier molecular flexibility index (Phi) is 29.9. The fourth-order valence-corrected chi connectivity index (χ4v) is 10.5. The van der Waals surface area contributed by atoms with Gasteiger partial charge in [0.2, 0.25) is 11.8 Å². The van der Waals surface area contributed by atoms with Crippen molar-refractivity contribution in [2.24, 2.45) is 0 Å². The van der Waals surface area contributed by atoms with Crippen molar-refractivity contribution >= 4 is 11.8 Å². The van der Waals surface area contributed by atoms with Gasteiger partial charge in [0, 0.05) is 13.8 Å². The van der Waals surface area contributed by atoms with Gasteiger partial charge in [0.15, 0.2) is 31.5 Å². The van der Waals surface area contributed by atoms with Crippen LogP contribution in [-0.2, 0) is 57.0 Å². The van der Waals surface area contributed by atoms with Gasteiger partial charge in [0.1, 0.15) is 122 Å². The molecular weight excluding hydrogens is 1100 g/mol. The third-order valence-corrected chi connectivity index (χ3v) is 15.2. The second-order valence-electron chi connectivity index (χ2n) is 21.5. The van der Waals surface area contributed by atoms with E-state index in [1.54, 1.807) is 6.08 Å². The lowest BCUT2D eigenvalue weighted by molar-refractivity contribution is -0.387. The molecule has 82 heavy (non-hydrogen) atoms. The lowest BCUT2D eigenvalue weighted by atomic mass is 9.94. The number of amides is 2. The van der Waals surface area contributed by atoms with Crippen LogP contribution in [0.25, 0.3) is 0 Å². The molecule has 0 spiro atoms. The van der Waals surface area contributed by atoms with Crippen LogP contribution in [0, 0.1) is 0 Å². The van der Waals surface area contributed by atoms with E-state index in [1.165, 1.54) is 57.9 Å². The average Bonchev–Trinajstić information content (AvgIpc) is 3.34. The molecule has 27 atom stereocenters. The van der Waals surface area contributed by atoms with E-state index < -0.39 is 217 Å². The maximum absolute atomic E-state index is 12.6. The Hall–Kier alpha value is -2.36. The quantitative estimate of drug-likeness (QED) is 0.0220. The third-order valence-electron chi connectivity index (χ3n) is 15.2. The lowest BCUT2D eigenvalue weighted by Gasteiger charge is -2.50. The van der Waals surface area contributed by atoms with Gasteiger partial charge in [-0.05, 0) is 12.8 Å². The van der Waals surface area contributed by atoms with Crippen LogP contribution >= 0.6 is 0 Å². The van der Waals surface area contributed by atoms with E-state index in [0.717, 1.165) is 32.6 Å². The van der Waals surface area contributed by atoms with Gasteiger partial charge in [-0.15, -0.1) is 0 Å². The van der Waals surface area contributed by atoms with Crippen LogP contribution in [-0.4, -0.2) is 299 Å². The largest absolute Gasteiger partial charge is 0.394 e. The topological polar surface area (TPSA) is 474 Å². The minimum absolute atomic E-state index is 0.447. The van der Waals surface area contributed by atoms with E-state index in [9.17, 15) is 91.3 Å². The lowest BCUT2D eigenvalue weighted by Crippen LogP contribution is -2.70. The Morgan fingerprint density at radius 3 is 1.33 bits per heavy atom. The molecule has 1 unspecified atom stereocenters. The van der Waals surface area contributed by atoms with Crippen molar-refractivity contribution in [1.29, 1.82) is 0 Å². The molecule has 0 aromatic rings. The zero-order chi connectivity index (χ0) is 60.4. The summed E-state index contributed by atoms with van der Waals surface area (Å²) in [6.07, 6.45) is -29.2. The van der Waals surface area contributed by atoms with Crippen LogP contribution in [0.4, 0.5) is 0 Å². The normalized spacial score (nSPS) is 40.8. The molecule has 18 N–H and O–H groups in total.